The first-order chi connectivity index (χ1) is 10.3. The Labute approximate surface area is 131 Å². The SMILES string of the molecule is CC1(C)OB(c2ccc(-n3cccc3)cc2C#N)OC1(C)C. The van der Waals surface area contributed by atoms with E-state index in [1.54, 1.807) is 0 Å². The molecule has 0 atom stereocenters. The summed E-state index contributed by atoms with van der Waals surface area (Å²) in [5.74, 6) is 0. The van der Waals surface area contributed by atoms with Crippen LogP contribution in [0, 0.1) is 11.3 Å². The van der Waals surface area contributed by atoms with Crippen LogP contribution in [-0.2, 0) is 9.31 Å². The normalized spacial score (nSPS) is 19.1. The van der Waals surface area contributed by atoms with Gasteiger partial charge in [0, 0.05) is 23.5 Å². The quantitative estimate of drug-likeness (QED) is 0.800. The van der Waals surface area contributed by atoms with Crippen molar-refractivity contribution in [3.63, 3.8) is 0 Å². The predicted molar refractivity (Wildman–Crippen MR) is 86.2 cm³/mol. The monoisotopic (exact) mass is 294 g/mol. The summed E-state index contributed by atoms with van der Waals surface area (Å²) in [5, 5.41) is 9.49. The van der Waals surface area contributed by atoms with Crippen molar-refractivity contribution >= 4 is 12.6 Å². The molecule has 0 bridgehead atoms. The van der Waals surface area contributed by atoms with Gasteiger partial charge in [-0.1, -0.05) is 6.07 Å². The number of aromatic nitrogens is 1. The van der Waals surface area contributed by atoms with Crippen LogP contribution in [0.4, 0.5) is 0 Å². The molecule has 0 saturated carbocycles. The van der Waals surface area contributed by atoms with E-state index in [-0.39, 0.29) is 0 Å². The number of benzene rings is 1. The Morgan fingerprint density at radius 1 is 1.05 bits per heavy atom. The molecule has 112 valence electrons. The van der Waals surface area contributed by atoms with Crippen LogP contribution >= 0.6 is 0 Å². The highest BCUT2D eigenvalue weighted by Gasteiger charge is 2.52. The number of nitrogens with zero attached hydrogens (tertiary/aromatic N) is 2. The van der Waals surface area contributed by atoms with Gasteiger partial charge in [-0.15, -0.1) is 0 Å². The Balaban J connectivity index is 1.98. The van der Waals surface area contributed by atoms with Crippen LogP contribution in [0.15, 0.2) is 42.7 Å². The topological polar surface area (TPSA) is 47.2 Å². The van der Waals surface area contributed by atoms with E-state index in [9.17, 15) is 5.26 Å². The van der Waals surface area contributed by atoms with E-state index in [0.717, 1.165) is 11.2 Å². The molecule has 2 heterocycles. The highest BCUT2D eigenvalue weighted by molar-refractivity contribution is 6.62. The molecule has 1 aromatic carbocycles. The molecule has 1 aliphatic rings. The summed E-state index contributed by atoms with van der Waals surface area (Å²) in [4.78, 5) is 0. The van der Waals surface area contributed by atoms with E-state index >= 15 is 0 Å². The van der Waals surface area contributed by atoms with Crippen LogP contribution in [0.1, 0.15) is 33.3 Å². The summed E-state index contributed by atoms with van der Waals surface area (Å²) in [6, 6.07) is 11.9. The Hall–Kier alpha value is -2.03. The lowest BCUT2D eigenvalue weighted by Crippen LogP contribution is -2.41. The summed E-state index contributed by atoms with van der Waals surface area (Å²) in [6.45, 7) is 8.03. The van der Waals surface area contributed by atoms with Crippen molar-refractivity contribution in [3.05, 3.63) is 48.3 Å². The molecular formula is C17H19BN2O2. The van der Waals surface area contributed by atoms with Crippen LogP contribution in [-0.4, -0.2) is 22.9 Å². The number of nitriles is 1. The van der Waals surface area contributed by atoms with E-state index in [1.807, 2.05) is 75.0 Å². The zero-order chi connectivity index (χ0) is 16.0. The highest BCUT2D eigenvalue weighted by atomic mass is 16.7. The first kappa shape index (κ1) is 14.9. The number of hydrogen-bond donors (Lipinski definition) is 0. The van der Waals surface area contributed by atoms with E-state index in [2.05, 4.69) is 6.07 Å². The minimum Gasteiger partial charge on any atom is -0.399 e. The van der Waals surface area contributed by atoms with Crippen molar-refractivity contribution in [2.45, 2.75) is 38.9 Å². The van der Waals surface area contributed by atoms with Gasteiger partial charge in [-0.3, -0.25) is 0 Å². The van der Waals surface area contributed by atoms with Crippen LogP contribution in [0.25, 0.3) is 5.69 Å². The summed E-state index contributed by atoms with van der Waals surface area (Å²) < 4.78 is 14.1. The zero-order valence-electron chi connectivity index (χ0n) is 13.3. The van der Waals surface area contributed by atoms with Crippen molar-refractivity contribution in [3.8, 4) is 11.8 Å². The standard InChI is InChI=1S/C17H19BN2O2/c1-16(2)17(3,4)22-18(21-16)15-8-7-14(11-13(15)12-19)20-9-5-6-10-20/h5-11H,1-4H3. The maximum atomic E-state index is 9.49. The predicted octanol–water partition coefficient (Wildman–Crippen LogP) is 2.65. The average Bonchev–Trinajstić information content (AvgIpc) is 3.05. The first-order valence-electron chi connectivity index (χ1n) is 7.37. The summed E-state index contributed by atoms with van der Waals surface area (Å²) >= 11 is 0. The molecule has 1 aromatic heterocycles. The van der Waals surface area contributed by atoms with E-state index < -0.39 is 18.3 Å². The molecule has 0 radical (unpaired) electrons. The number of rotatable bonds is 2. The third kappa shape index (κ3) is 2.35. The fourth-order valence-corrected chi connectivity index (χ4v) is 2.48. The summed E-state index contributed by atoms with van der Waals surface area (Å²) in [6.07, 6.45) is 3.90. The molecule has 1 saturated heterocycles. The Morgan fingerprint density at radius 3 is 2.18 bits per heavy atom. The van der Waals surface area contributed by atoms with Gasteiger partial charge >= 0.3 is 7.12 Å². The third-order valence-corrected chi connectivity index (χ3v) is 4.57. The van der Waals surface area contributed by atoms with Crippen molar-refractivity contribution < 1.29 is 9.31 Å². The molecule has 0 unspecified atom stereocenters. The molecule has 0 aliphatic carbocycles. The van der Waals surface area contributed by atoms with Crippen molar-refractivity contribution in [2.75, 3.05) is 0 Å². The van der Waals surface area contributed by atoms with Crippen LogP contribution < -0.4 is 5.46 Å². The fourth-order valence-electron chi connectivity index (χ4n) is 2.48. The molecule has 5 heteroatoms. The highest BCUT2D eigenvalue weighted by Crippen LogP contribution is 2.36. The molecule has 2 aromatic rings. The minimum absolute atomic E-state index is 0.413. The Bertz CT molecular complexity index is 714. The molecule has 1 aliphatic heterocycles. The molecule has 22 heavy (non-hydrogen) atoms. The Kier molecular flexibility index (Phi) is 3.39. The second-order valence-electron chi connectivity index (χ2n) is 6.56. The summed E-state index contributed by atoms with van der Waals surface area (Å²) in [5.41, 5.74) is 1.47. The maximum absolute atomic E-state index is 9.49. The van der Waals surface area contributed by atoms with Crippen molar-refractivity contribution in [1.82, 2.24) is 4.57 Å². The fraction of sp³-hybridized carbons (Fsp3) is 0.353. The van der Waals surface area contributed by atoms with Crippen LogP contribution in [0.5, 0.6) is 0 Å². The van der Waals surface area contributed by atoms with Gasteiger partial charge in [0.15, 0.2) is 0 Å². The second-order valence-corrected chi connectivity index (χ2v) is 6.56. The first-order valence-corrected chi connectivity index (χ1v) is 7.37. The summed E-state index contributed by atoms with van der Waals surface area (Å²) in [7, 11) is -0.515. The minimum atomic E-state index is -0.515. The lowest BCUT2D eigenvalue weighted by Gasteiger charge is -2.32. The zero-order valence-corrected chi connectivity index (χ0v) is 13.3. The second kappa shape index (κ2) is 5.01. The van der Waals surface area contributed by atoms with Crippen molar-refractivity contribution in [1.29, 1.82) is 5.26 Å². The van der Waals surface area contributed by atoms with Gasteiger partial charge in [0.05, 0.1) is 22.8 Å². The molecule has 4 nitrogen and oxygen atoms in total. The van der Waals surface area contributed by atoms with Gasteiger partial charge in [0.25, 0.3) is 0 Å². The van der Waals surface area contributed by atoms with Crippen molar-refractivity contribution in [2.24, 2.45) is 0 Å². The van der Waals surface area contributed by atoms with Gasteiger partial charge in [-0.2, -0.15) is 5.26 Å². The average molecular weight is 294 g/mol. The maximum Gasteiger partial charge on any atom is 0.496 e. The molecule has 3 rings (SSSR count). The van der Waals surface area contributed by atoms with E-state index in [1.165, 1.54) is 0 Å². The molecule has 0 spiro atoms. The van der Waals surface area contributed by atoms with E-state index in [0.29, 0.717) is 5.56 Å². The van der Waals surface area contributed by atoms with Gasteiger partial charge < -0.3 is 13.9 Å². The van der Waals surface area contributed by atoms with Gasteiger partial charge in [0.2, 0.25) is 0 Å². The molecule has 0 amide bonds. The van der Waals surface area contributed by atoms with E-state index in [4.69, 9.17) is 9.31 Å². The lowest BCUT2D eigenvalue weighted by molar-refractivity contribution is 0.00578. The number of hydrogen-bond acceptors (Lipinski definition) is 3. The third-order valence-electron chi connectivity index (χ3n) is 4.57. The molecule has 1 fully saturated rings. The molecule has 0 N–H and O–H groups in total. The van der Waals surface area contributed by atoms with Crippen LogP contribution in [0.3, 0.4) is 0 Å². The van der Waals surface area contributed by atoms with Crippen LogP contribution in [0.2, 0.25) is 0 Å². The van der Waals surface area contributed by atoms with Gasteiger partial charge in [-0.05, 0) is 52.0 Å². The largest absolute Gasteiger partial charge is 0.496 e. The Morgan fingerprint density at radius 2 is 1.64 bits per heavy atom. The lowest BCUT2D eigenvalue weighted by atomic mass is 9.76. The molecular weight excluding hydrogens is 275 g/mol. The smallest absolute Gasteiger partial charge is 0.399 e. The van der Waals surface area contributed by atoms with Gasteiger partial charge in [0.1, 0.15) is 0 Å². The van der Waals surface area contributed by atoms with Gasteiger partial charge in [-0.25, -0.2) is 0 Å².